The average molecular weight is 470 g/mol. The third-order valence-electron chi connectivity index (χ3n) is 4.93. The van der Waals surface area contributed by atoms with Crippen LogP contribution < -0.4 is 5.14 Å². The SMILES string of the molecule is NS(=O)(=O)c1ccc2nc(-c3ccc(F)c(C(=O)c4c[nH]c5ncccc45)c3F)sc2c1. The Balaban J connectivity index is 1.64. The summed E-state index contributed by atoms with van der Waals surface area (Å²) in [6, 6.07) is 9.51. The van der Waals surface area contributed by atoms with Crippen LogP contribution >= 0.6 is 11.3 Å². The van der Waals surface area contributed by atoms with Gasteiger partial charge in [-0.2, -0.15) is 0 Å². The summed E-state index contributed by atoms with van der Waals surface area (Å²) in [4.78, 5) is 24.1. The van der Waals surface area contributed by atoms with Crippen LogP contribution in [0.25, 0.3) is 31.8 Å². The Morgan fingerprint density at radius 1 is 1.12 bits per heavy atom. The number of hydrogen-bond acceptors (Lipinski definition) is 6. The minimum Gasteiger partial charge on any atom is -0.345 e. The predicted molar refractivity (Wildman–Crippen MR) is 116 cm³/mol. The molecule has 5 rings (SSSR count). The molecule has 0 fully saturated rings. The lowest BCUT2D eigenvalue weighted by Gasteiger charge is -2.07. The molecule has 0 saturated carbocycles. The van der Waals surface area contributed by atoms with Crippen molar-refractivity contribution in [1.82, 2.24) is 15.0 Å². The predicted octanol–water partition coefficient (Wildman–Crippen LogP) is 4.00. The van der Waals surface area contributed by atoms with Gasteiger partial charge in [0.25, 0.3) is 0 Å². The third kappa shape index (κ3) is 3.27. The molecule has 3 heterocycles. The number of fused-ring (bicyclic) bond motifs is 2. The summed E-state index contributed by atoms with van der Waals surface area (Å²) < 4.78 is 53.6. The number of benzene rings is 2. The number of hydrogen-bond donors (Lipinski definition) is 2. The Morgan fingerprint density at radius 2 is 1.94 bits per heavy atom. The second-order valence-electron chi connectivity index (χ2n) is 6.91. The zero-order valence-corrected chi connectivity index (χ0v) is 17.6. The first kappa shape index (κ1) is 20.4. The zero-order chi connectivity index (χ0) is 22.6. The van der Waals surface area contributed by atoms with E-state index >= 15 is 4.39 Å². The minimum absolute atomic E-state index is 0.0777. The quantitative estimate of drug-likeness (QED) is 0.385. The number of halogens is 2. The molecule has 7 nitrogen and oxygen atoms in total. The lowest BCUT2D eigenvalue weighted by Crippen LogP contribution is -2.11. The molecule has 11 heteroatoms. The third-order valence-corrected chi connectivity index (χ3v) is 6.90. The van der Waals surface area contributed by atoms with Crippen LogP contribution in [0.3, 0.4) is 0 Å². The number of nitrogens with one attached hydrogen (secondary N) is 1. The molecule has 160 valence electrons. The highest BCUT2D eigenvalue weighted by Gasteiger charge is 2.26. The maximum Gasteiger partial charge on any atom is 0.238 e. The fourth-order valence-corrected chi connectivity index (χ4v) is 5.04. The number of ketones is 1. The van der Waals surface area contributed by atoms with Crippen molar-refractivity contribution in [3.8, 4) is 10.6 Å². The van der Waals surface area contributed by atoms with E-state index in [2.05, 4.69) is 15.0 Å². The van der Waals surface area contributed by atoms with Crippen LogP contribution in [0.2, 0.25) is 0 Å². The molecule has 0 aliphatic heterocycles. The number of aromatic amines is 1. The van der Waals surface area contributed by atoms with Gasteiger partial charge in [0.1, 0.15) is 22.3 Å². The molecule has 3 aromatic heterocycles. The maximum absolute atomic E-state index is 15.4. The molecule has 0 spiro atoms. The topological polar surface area (TPSA) is 119 Å². The van der Waals surface area contributed by atoms with Crippen molar-refractivity contribution in [3.63, 3.8) is 0 Å². The molecule has 32 heavy (non-hydrogen) atoms. The van der Waals surface area contributed by atoms with E-state index in [4.69, 9.17) is 5.14 Å². The van der Waals surface area contributed by atoms with Crippen molar-refractivity contribution in [3.05, 3.63) is 77.6 Å². The highest BCUT2D eigenvalue weighted by atomic mass is 32.2. The Kier molecular flexibility index (Phi) is 4.62. The van der Waals surface area contributed by atoms with Gasteiger partial charge in [0.15, 0.2) is 0 Å². The molecule has 0 atom stereocenters. The van der Waals surface area contributed by atoms with Gasteiger partial charge in [0, 0.05) is 28.9 Å². The molecule has 3 N–H and O–H groups in total. The molecule has 2 aromatic carbocycles. The number of thiazole rings is 1. The van der Waals surface area contributed by atoms with E-state index in [0.717, 1.165) is 17.4 Å². The number of carbonyl (C=O) groups is 1. The first-order valence-corrected chi connectivity index (χ1v) is 11.5. The van der Waals surface area contributed by atoms with Crippen LogP contribution in [-0.2, 0) is 10.0 Å². The first-order chi connectivity index (χ1) is 15.2. The van der Waals surface area contributed by atoms with Crippen LogP contribution in [0, 0.1) is 11.6 Å². The largest absolute Gasteiger partial charge is 0.345 e. The summed E-state index contributed by atoms with van der Waals surface area (Å²) in [5.41, 5.74) is 0.134. The first-order valence-electron chi connectivity index (χ1n) is 9.12. The van der Waals surface area contributed by atoms with Crippen LogP contribution in [0.5, 0.6) is 0 Å². The number of H-pyrrole nitrogens is 1. The summed E-state index contributed by atoms with van der Waals surface area (Å²) in [7, 11) is -3.92. The fourth-order valence-electron chi connectivity index (χ4n) is 3.40. The summed E-state index contributed by atoms with van der Waals surface area (Å²) in [5, 5.41) is 5.76. The monoisotopic (exact) mass is 470 g/mol. The van der Waals surface area contributed by atoms with Crippen molar-refractivity contribution >= 4 is 48.4 Å². The number of carbonyl (C=O) groups excluding carboxylic acids is 1. The van der Waals surface area contributed by atoms with Crippen molar-refractivity contribution < 1.29 is 22.0 Å². The fraction of sp³-hybridized carbons (Fsp3) is 0. The van der Waals surface area contributed by atoms with Gasteiger partial charge in [-0.05, 0) is 42.5 Å². The van der Waals surface area contributed by atoms with Crippen LogP contribution in [0.4, 0.5) is 8.78 Å². The number of primary sulfonamides is 1. The van der Waals surface area contributed by atoms with Gasteiger partial charge < -0.3 is 4.98 Å². The van der Waals surface area contributed by atoms with E-state index in [1.54, 1.807) is 12.1 Å². The molecule has 0 saturated heterocycles. The van der Waals surface area contributed by atoms with E-state index in [1.165, 1.54) is 36.7 Å². The van der Waals surface area contributed by atoms with Crippen molar-refractivity contribution in [1.29, 1.82) is 0 Å². The highest BCUT2D eigenvalue weighted by molar-refractivity contribution is 7.89. The van der Waals surface area contributed by atoms with Crippen molar-refractivity contribution in [2.75, 3.05) is 0 Å². The molecule has 0 amide bonds. The van der Waals surface area contributed by atoms with Crippen LogP contribution in [0.1, 0.15) is 15.9 Å². The molecule has 0 radical (unpaired) electrons. The summed E-state index contributed by atoms with van der Waals surface area (Å²) >= 11 is 1.00. The lowest BCUT2D eigenvalue weighted by atomic mass is 10.00. The molecule has 0 aliphatic rings. The number of nitrogens with two attached hydrogens (primary N) is 1. The Hall–Kier alpha value is -3.54. The van der Waals surface area contributed by atoms with E-state index < -0.39 is 33.0 Å². The van der Waals surface area contributed by atoms with E-state index in [-0.39, 0.29) is 21.0 Å². The number of aromatic nitrogens is 3. The lowest BCUT2D eigenvalue weighted by molar-refractivity contribution is 0.103. The second kappa shape index (κ2) is 7.26. The molecule has 5 aromatic rings. The molecular formula is C21H12F2N4O3S2. The maximum atomic E-state index is 15.4. The Labute approximate surface area is 183 Å². The van der Waals surface area contributed by atoms with Gasteiger partial charge in [-0.1, -0.05) is 0 Å². The smallest absolute Gasteiger partial charge is 0.238 e. The summed E-state index contributed by atoms with van der Waals surface area (Å²) in [5.74, 6) is -2.90. The standard InChI is InChI=1S/C21H12F2N4O3S2/c22-14-5-4-12(21-27-15-6-3-10(32(24,29)30)8-16(15)31-21)18(23)17(14)19(28)13-9-26-20-11(13)2-1-7-25-20/h1-9H,(H,25,26)(H2,24,29,30). The van der Waals surface area contributed by atoms with Gasteiger partial charge in [-0.3, -0.25) is 4.79 Å². The summed E-state index contributed by atoms with van der Waals surface area (Å²) in [6.45, 7) is 0. The van der Waals surface area contributed by atoms with Gasteiger partial charge in [-0.25, -0.2) is 32.3 Å². The Bertz CT molecular complexity index is 1660. The number of rotatable bonds is 4. The highest BCUT2D eigenvalue weighted by Crippen LogP contribution is 2.35. The Morgan fingerprint density at radius 3 is 2.72 bits per heavy atom. The zero-order valence-electron chi connectivity index (χ0n) is 16.0. The number of nitrogens with zero attached hydrogens (tertiary/aromatic N) is 2. The molecular weight excluding hydrogens is 458 g/mol. The van der Waals surface area contributed by atoms with Gasteiger partial charge >= 0.3 is 0 Å². The molecule has 0 unspecified atom stereocenters. The van der Waals surface area contributed by atoms with Crippen molar-refractivity contribution in [2.24, 2.45) is 5.14 Å². The van der Waals surface area contributed by atoms with Crippen molar-refractivity contribution in [2.45, 2.75) is 4.90 Å². The normalized spacial score (nSPS) is 12.0. The number of pyridine rings is 1. The minimum atomic E-state index is -3.92. The van der Waals surface area contributed by atoms with Crippen LogP contribution in [0.15, 0.2) is 59.8 Å². The van der Waals surface area contributed by atoms with E-state index in [1.807, 2.05) is 0 Å². The van der Waals surface area contributed by atoms with E-state index in [0.29, 0.717) is 21.3 Å². The van der Waals surface area contributed by atoms with Crippen LogP contribution in [-0.4, -0.2) is 29.2 Å². The van der Waals surface area contributed by atoms with E-state index in [9.17, 15) is 17.6 Å². The number of sulfonamides is 1. The summed E-state index contributed by atoms with van der Waals surface area (Å²) in [6.07, 6.45) is 2.89. The second-order valence-corrected chi connectivity index (χ2v) is 9.50. The molecule has 0 bridgehead atoms. The average Bonchev–Trinajstić information content (AvgIpc) is 3.36. The van der Waals surface area contributed by atoms with Gasteiger partial charge in [-0.15, -0.1) is 11.3 Å². The molecule has 0 aliphatic carbocycles. The van der Waals surface area contributed by atoms with Gasteiger partial charge in [0.2, 0.25) is 15.8 Å². The van der Waals surface area contributed by atoms with Gasteiger partial charge in [0.05, 0.1) is 20.7 Å².